The van der Waals surface area contributed by atoms with Crippen molar-refractivity contribution in [3.63, 3.8) is 0 Å². The van der Waals surface area contributed by atoms with E-state index in [1.807, 2.05) is 0 Å². The second-order valence-corrected chi connectivity index (χ2v) is 6.24. The molecule has 0 aliphatic rings. The van der Waals surface area contributed by atoms with E-state index in [0.717, 1.165) is 0 Å². The van der Waals surface area contributed by atoms with Crippen molar-refractivity contribution >= 4 is 23.2 Å². The van der Waals surface area contributed by atoms with Gasteiger partial charge in [0.2, 0.25) is 0 Å². The van der Waals surface area contributed by atoms with Gasteiger partial charge in [-0.1, -0.05) is 12.1 Å². The summed E-state index contributed by atoms with van der Waals surface area (Å²) in [4.78, 5) is 24.5. The summed E-state index contributed by atoms with van der Waals surface area (Å²) in [6.07, 6.45) is 0. The molecule has 30 heavy (non-hydrogen) atoms. The van der Waals surface area contributed by atoms with E-state index in [1.54, 1.807) is 79.9 Å². The second-order valence-electron chi connectivity index (χ2n) is 6.24. The molecule has 0 bridgehead atoms. The highest BCUT2D eigenvalue weighted by Crippen LogP contribution is 2.21. The summed E-state index contributed by atoms with van der Waals surface area (Å²) < 4.78 is 15.8. The lowest BCUT2D eigenvalue weighted by Crippen LogP contribution is -2.20. The number of amides is 2. The zero-order chi connectivity index (χ0) is 21.3. The van der Waals surface area contributed by atoms with Gasteiger partial charge in [-0.3, -0.25) is 9.59 Å². The molecule has 0 radical (unpaired) electrons. The van der Waals surface area contributed by atoms with Gasteiger partial charge in [-0.2, -0.15) is 0 Å². The number of ether oxygens (including phenoxy) is 3. The van der Waals surface area contributed by atoms with Gasteiger partial charge in [0.1, 0.15) is 17.2 Å². The lowest BCUT2D eigenvalue weighted by atomic mass is 10.2. The smallest absolute Gasteiger partial charge is 0.262 e. The van der Waals surface area contributed by atoms with E-state index in [0.29, 0.717) is 34.2 Å². The molecule has 2 amide bonds. The van der Waals surface area contributed by atoms with Crippen molar-refractivity contribution < 1.29 is 23.8 Å². The van der Waals surface area contributed by atoms with Gasteiger partial charge in [0.25, 0.3) is 11.8 Å². The normalized spacial score (nSPS) is 10.1. The van der Waals surface area contributed by atoms with Gasteiger partial charge in [0.05, 0.1) is 19.8 Å². The molecule has 3 aromatic rings. The number of carbonyl (C=O) groups excluding carboxylic acids is 2. The summed E-state index contributed by atoms with van der Waals surface area (Å²) in [7, 11) is 3.10. The van der Waals surface area contributed by atoms with E-state index < -0.39 is 0 Å². The summed E-state index contributed by atoms with van der Waals surface area (Å²) in [5.41, 5.74) is 1.69. The van der Waals surface area contributed by atoms with Gasteiger partial charge in [-0.25, -0.2) is 0 Å². The molecule has 0 atom stereocenters. The van der Waals surface area contributed by atoms with Crippen LogP contribution in [0.4, 0.5) is 11.4 Å². The highest BCUT2D eigenvalue weighted by molar-refractivity contribution is 6.06. The van der Waals surface area contributed by atoms with Crippen LogP contribution in [-0.2, 0) is 4.79 Å². The van der Waals surface area contributed by atoms with Crippen LogP contribution in [0.15, 0.2) is 72.8 Å². The Labute approximate surface area is 174 Å². The minimum atomic E-state index is -0.284. The van der Waals surface area contributed by atoms with Crippen LogP contribution in [0.5, 0.6) is 17.2 Å². The average molecular weight is 406 g/mol. The third-order valence-electron chi connectivity index (χ3n) is 4.21. The predicted molar refractivity (Wildman–Crippen MR) is 115 cm³/mol. The topological polar surface area (TPSA) is 85.9 Å². The first-order valence-corrected chi connectivity index (χ1v) is 9.20. The molecule has 7 heteroatoms. The third-order valence-corrected chi connectivity index (χ3v) is 4.21. The molecule has 154 valence electrons. The van der Waals surface area contributed by atoms with Crippen LogP contribution in [0.2, 0.25) is 0 Å². The molecule has 0 fully saturated rings. The van der Waals surface area contributed by atoms with Gasteiger partial charge in [-0.05, 0) is 60.7 Å². The Bertz CT molecular complexity index is 1000. The molecule has 0 aromatic heterocycles. The molecule has 3 aromatic carbocycles. The van der Waals surface area contributed by atoms with Gasteiger partial charge in [-0.15, -0.1) is 0 Å². The van der Waals surface area contributed by atoms with Crippen LogP contribution in [0.1, 0.15) is 10.4 Å². The van der Waals surface area contributed by atoms with Gasteiger partial charge < -0.3 is 24.8 Å². The monoisotopic (exact) mass is 406 g/mol. The Morgan fingerprint density at radius 3 is 1.97 bits per heavy atom. The maximum Gasteiger partial charge on any atom is 0.262 e. The van der Waals surface area contributed by atoms with Crippen LogP contribution in [0.25, 0.3) is 0 Å². The van der Waals surface area contributed by atoms with E-state index in [-0.39, 0.29) is 18.4 Å². The van der Waals surface area contributed by atoms with Crippen LogP contribution in [0.3, 0.4) is 0 Å². The van der Waals surface area contributed by atoms with Crippen molar-refractivity contribution in [2.24, 2.45) is 0 Å². The number of nitrogens with one attached hydrogen (secondary N) is 2. The number of rotatable bonds is 8. The summed E-state index contributed by atoms with van der Waals surface area (Å²) in [6.45, 7) is -0.140. The van der Waals surface area contributed by atoms with E-state index in [9.17, 15) is 9.59 Å². The van der Waals surface area contributed by atoms with Crippen molar-refractivity contribution in [2.45, 2.75) is 0 Å². The zero-order valence-corrected chi connectivity index (χ0v) is 16.7. The Hall–Kier alpha value is -4.00. The zero-order valence-electron chi connectivity index (χ0n) is 16.7. The SMILES string of the molecule is COc1ccc(NC(=O)COc2ccc(NC(=O)c3ccccc3OC)cc2)cc1. The average Bonchev–Trinajstić information content (AvgIpc) is 2.79. The first kappa shape index (κ1) is 20.7. The fourth-order valence-corrected chi connectivity index (χ4v) is 2.69. The third kappa shape index (κ3) is 5.51. The van der Waals surface area contributed by atoms with Crippen LogP contribution in [0, 0.1) is 0 Å². The first-order chi connectivity index (χ1) is 14.6. The maximum atomic E-state index is 12.4. The number of benzene rings is 3. The number of methoxy groups -OCH3 is 2. The lowest BCUT2D eigenvalue weighted by molar-refractivity contribution is -0.118. The summed E-state index contributed by atoms with van der Waals surface area (Å²) in [5.74, 6) is 1.16. The number of hydrogen-bond donors (Lipinski definition) is 2. The molecule has 0 aliphatic heterocycles. The van der Waals surface area contributed by atoms with Crippen LogP contribution >= 0.6 is 0 Å². The predicted octanol–water partition coefficient (Wildman–Crippen LogP) is 3.97. The Morgan fingerprint density at radius 1 is 0.733 bits per heavy atom. The van der Waals surface area contributed by atoms with Crippen molar-refractivity contribution in [3.05, 3.63) is 78.4 Å². The molecule has 7 nitrogen and oxygen atoms in total. The van der Waals surface area contributed by atoms with Crippen molar-refractivity contribution in [3.8, 4) is 17.2 Å². The highest BCUT2D eigenvalue weighted by atomic mass is 16.5. The van der Waals surface area contributed by atoms with Crippen molar-refractivity contribution in [2.75, 3.05) is 31.5 Å². The maximum absolute atomic E-state index is 12.4. The molecule has 0 unspecified atom stereocenters. The Kier molecular flexibility index (Phi) is 6.89. The number of hydrogen-bond acceptors (Lipinski definition) is 5. The number of anilines is 2. The molecular weight excluding hydrogens is 384 g/mol. The van der Waals surface area contributed by atoms with E-state index in [2.05, 4.69) is 10.6 Å². The number of carbonyl (C=O) groups is 2. The molecule has 0 aliphatic carbocycles. The minimum Gasteiger partial charge on any atom is -0.497 e. The van der Waals surface area contributed by atoms with Crippen molar-refractivity contribution in [1.29, 1.82) is 0 Å². The number of para-hydroxylation sites is 1. The molecular formula is C23H22N2O5. The first-order valence-electron chi connectivity index (χ1n) is 9.20. The Balaban J connectivity index is 1.51. The molecule has 0 spiro atoms. The summed E-state index contributed by atoms with van der Waals surface area (Å²) >= 11 is 0. The quantitative estimate of drug-likeness (QED) is 0.591. The van der Waals surface area contributed by atoms with E-state index >= 15 is 0 Å². The standard InChI is InChI=1S/C23H22N2O5/c1-28-18-11-7-16(8-12-18)24-22(26)15-30-19-13-9-17(10-14-19)25-23(27)20-5-3-4-6-21(20)29-2/h3-14H,15H2,1-2H3,(H,24,26)(H,25,27). The summed E-state index contributed by atoms with van der Waals surface area (Å²) in [5, 5.41) is 5.54. The van der Waals surface area contributed by atoms with Crippen molar-refractivity contribution in [1.82, 2.24) is 0 Å². The highest BCUT2D eigenvalue weighted by Gasteiger charge is 2.11. The van der Waals surface area contributed by atoms with E-state index in [4.69, 9.17) is 14.2 Å². The van der Waals surface area contributed by atoms with Crippen LogP contribution < -0.4 is 24.8 Å². The fraction of sp³-hybridized carbons (Fsp3) is 0.130. The molecule has 0 saturated heterocycles. The molecule has 0 heterocycles. The summed E-state index contributed by atoms with van der Waals surface area (Å²) in [6, 6.07) is 20.7. The molecule has 3 rings (SSSR count). The van der Waals surface area contributed by atoms with E-state index in [1.165, 1.54) is 7.11 Å². The lowest BCUT2D eigenvalue weighted by Gasteiger charge is -2.10. The molecule has 2 N–H and O–H groups in total. The minimum absolute atomic E-state index is 0.140. The Morgan fingerprint density at radius 2 is 1.33 bits per heavy atom. The van der Waals surface area contributed by atoms with Gasteiger partial charge in [0, 0.05) is 11.4 Å². The molecule has 0 saturated carbocycles. The van der Waals surface area contributed by atoms with Gasteiger partial charge in [0.15, 0.2) is 6.61 Å². The largest absolute Gasteiger partial charge is 0.497 e. The van der Waals surface area contributed by atoms with Crippen LogP contribution in [-0.4, -0.2) is 32.6 Å². The second kappa shape index (κ2) is 9.97. The van der Waals surface area contributed by atoms with Gasteiger partial charge >= 0.3 is 0 Å². The fourth-order valence-electron chi connectivity index (χ4n) is 2.69.